The van der Waals surface area contributed by atoms with E-state index in [1.165, 1.54) is 34.1 Å². The molecule has 1 aliphatic rings. The minimum atomic E-state index is -3.81. The Labute approximate surface area is 269 Å². The zero-order valence-corrected chi connectivity index (χ0v) is 27.4. The van der Waals surface area contributed by atoms with Crippen LogP contribution in [0.15, 0.2) is 78.9 Å². The van der Waals surface area contributed by atoms with Crippen LogP contribution in [0.3, 0.4) is 0 Å². The molecule has 1 heterocycles. The third-order valence-electron chi connectivity index (χ3n) is 7.78. The average Bonchev–Trinajstić information content (AvgIpc) is 3.09. The molecule has 46 heavy (non-hydrogen) atoms. The van der Waals surface area contributed by atoms with Crippen LogP contribution in [0.5, 0.6) is 0 Å². The number of anilines is 1. The lowest BCUT2D eigenvalue weighted by Crippen LogP contribution is -2.57. The molecule has 3 unspecified atom stereocenters. The Balaban J connectivity index is 1.89. The van der Waals surface area contributed by atoms with Crippen molar-refractivity contribution in [1.82, 2.24) is 14.9 Å². The van der Waals surface area contributed by atoms with E-state index in [1.54, 1.807) is 20.8 Å². The number of hydrogen-bond donors (Lipinski definition) is 3. The number of nitrogens with zero attached hydrogens (tertiary/aromatic N) is 2. The lowest BCUT2D eigenvalue weighted by atomic mass is 9.84. The molecule has 0 bridgehead atoms. The monoisotopic (exact) mass is 648 g/mol. The number of sulfonamides is 1. The Bertz CT molecular complexity index is 1700. The van der Waals surface area contributed by atoms with Gasteiger partial charge in [-0.3, -0.25) is 19.3 Å². The summed E-state index contributed by atoms with van der Waals surface area (Å²) in [6.45, 7) is 6.81. The molecule has 12 heteroatoms. The molecule has 4 rings (SSSR count). The maximum absolute atomic E-state index is 14.7. The van der Waals surface area contributed by atoms with Crippen molar-refractivity contribution in [2.75, 3.05) is 17.7 Å². The smallest absolute Gasteiger partial charge is 0.323 e. The van der Waals surface area contributed by atoms with Gasteiger partial charge in [0.25, 0.3) is 5.91 Å². The molecule has 0 spiro atoms. The van der Waals surface area contributed by atoms with Gasteiger partial charge in [0.1, 0.15) is 12.6 Å². The summed E-state index contributed by atoms with van der Waals surface area (Å²) in [7, 11) is -3.81. The van der Waals surface area contributed by atoms with E-state index in [2.05, 4.69) is 5.32 Å². The van der Waals surface area contributed by atoms with Gasteiger partial charge in [0.2, 0.25) is 15.9 Å². The second-order valence-corrected chi connectivity index (χ2v) is 14.4. The fraction of sp³-hybridized carbons (Fsp3) is 0.353. The van der Waals surface area contributed by atoms with Crippen LogP contribution in [0, 0.1) is 6.92 Å². The van der Waals surface area contributed by atoms with Gasteiger partial charge in [-0.05, 0) is 87.4 Å². The SMILES string of the molecule is Cc1ccccc1C1CC(c2ccccc2)N(CC(=O)O)C(=O)C(N(C(=O)NC(C)(C)C)c2ccc(C(=O)NS(C)(=O)=O)cc2)C1. The second-order valence-electron chi connectivity index (χ2n) is 12.6. The predicted molar refractivity (Wildman–Crippen MR) is 175 cm³/mol. The third kappa shape index (κ3) is 8.51. The van der Waals surface area contributed by atoms with Crippen molar-refractivity contribution in [1.29, 1.82) is 0 Å². The minimum Gasteiger partial charge on any atom is -0.480 e. The van der Waals surface area contributed by atoms with Crippen molar-refractivity contribution in [2.45, 2.75) is 64.1 Å². The first-order valence-corrected chi connectivity index (χ1v) is 16.8. The summed E-state index contributed by atoms with van der Waals surface area (Å²) in [6.07, 6.45) is 1.48. The summed E-state index contributed by atoms with van der Waals surface area (Å²) >= 11 is 0. The number of carbonyl (C=O) groups is 4. The highest BCUT2D eigenvalue weighted by Crippen LogP contribution is 2.42. The normalized spacial score (nSPS) is 18.8. The quantitative estimate of drug-likeness (QED) is 0.323. The van der Waals surface area contributed by atoms with Crippen molar-refractivity contribution in [2.24, 2.45) is 0 Å². The van der Waals surface area contributed by atoms with Crippen LogP contribution >= 0.6 is 0 Å². The average molecular weight is 649 g/mol. The van der Waals surface area contributed by atoms with Crippen molar-refractivity contribution in [3.8, 4) is 0 Å². The Kier molecular flexibility index (Phi) is 10.2. The molecule has 4 amide bonds. The maximum Gasteiger partial charge on any atom is 0.323 e. The molecule has 1 aliphatic heterocycles. The van der Waals surface area contributed by atoms with Gasteiger partial charge in [-0.2, -0.15) is 0 Å². The van der Waals surface area contributed by atoms with Gasteiger partial charge in [0, 0.05) is 16.8 Å². The predicted octanol–water partition coefficient (Wildman–Crippen LogP) is 4.60. The summed E-state index contributed by atoms with van der Waals surface area (Å²) in [6, 6.07) is 20.5. The fourth-order valence-electron chi connectivity index (χ4n) is 5.87. The Morgan fingerprint density at radius 1 is 0.935 bits per heavy atom. The molecule has 1 fully saturated rings. The van der Waals surface area contributed by atoms with Crippen LogP contribution in [-0.2, 0) is 19.6 Å². The number of hydrogen-bond acceptors (Lipinski definition) is 6. The molecule has 3 atom stereocenters. The highest BCUT2D eigenvalue weighted by molar-refractivity contribution is 7.89. The van der Waals surface area contributed by atoms with E-state index in [9.17, 15) is 32.7 Å². The van der Waals surface area contributed by atoms with Crippen LogP contribution in [0.1, 0.15) is 72.6 Å². The Morgan fingerprint density at radius 2 is 1.54 bits per heavy atom. The van der Waals surface area contributed by atoms with Crippen LogP contribution in [0.2, 0.25) is 0 Å². The Hall–Kier alpha value is -4.71. The number of urea groups is 1. The molecular weight excluding hydrogens is 608 g/mol. The van der Waals surface area contributed by atoms with Crippen LogP contribution in [-0.4, -0.2) is 66.6 Å². The van der Waals surface area contributed by atoms with Gasteiger partial charge >= 0.3 is 12.0 Å². The maximum atomic E-state index is 14.7. The van der Waals surface area contributed by atoms with Crippen molar-refractivity contribution < 1.29 is 32.7 Å². The van der Waals surface area contributed by atoms with E-state index in [4.69, 9.17) is 0 Å². The van der Waals surface area contributed by atoms with Crippen LogP contribution in [0.25, 0.3) is 0 Å². The van der Waals surface area contributed by atoms with Crippen molar-refractivity contribution >= 4 is 39.5 Å². The van der Waals surface area contributed by atoms with E-state index in [1.807, 2.05) is 66.2 Å². The number of aliphatic carboxylic acids is 1. The molecule has 0 radical (unpaired) electrons. The lowest BCUT2D eigenvalue weighted by Gasteiger charge is -2.36. The first-order valence-electron chi connectivity index (χ1n) is 14.9. The molecule has 0 aromatic heterocycles. The van der Waals surface area contributed by atoms with Crippen LogP contribution < -0.4 is 14.9 Å². The molecule has 3 aromatic carbocycles. The fourth-order valence-corrected chi connectivity index (χ4v) is 6.32. The highest BCUT2D eigenvalue weighted by atomic mass is 32.2. The van der Waals surface area contributed by atoms with Crippen molar-refractivity contribution in [3.63, 3.8) is 0 Å². The number of nitrogens with one attached hydrogen (secondary N) is 2. The number of likely N-dealkylation sites (tertiary alicyclic amines) is 1. The lowest BCUT2D eigenvalue weighted by molar-refractivity contribution is -0.146. The second kappa shape index (κ2) is 13.7. The number of rotatable bonds is 8. The largest absolute Gasteiger partial charge is 0.480 e. The topological polar surface area (TPSA) is 153 Å². The van der Waals surface area contributed by atoms with E-state index in [0.717, 1.165) is 22.9 Å². The van der Waals surface area contributed by atoms with Crippen molar-refractivity contribution in [3.05, 3.63) is 101 Å². The third-order valence-corrected chi connectivity index (χ3v) is 8.33. The number of aryl methyl sites for hydroxylation is 1. The van der Waals surface area contributed by atoms with E-state index >= 15 is 0 Å². The van der Waals surface area contributed by atoms with Crippen LogP contribution in [0.4, 0.5) is 10.5 Å². The number of carboxylic acid groups (broad SMARTS) is 1. The van der Waals surface area contributed by atoms with Gasteiger partial charge in [0.05, 0.1) is 12.3 Å². The number of carbonyl (C=O) groups excluding carboxylic acids is 3. The summed E-state index contributed by atoms with van der Waals surface area (Å²) in [4.78, 5) is 56.1. The summed E-state index contributed by atoms with van der Waals surface area (Å²) in [5.41, 5.74) is 2.39. The number of carboxylic acids is 1. The molecule has 3 N–H and O–H groups in total. The number of benzene rings is 3. The standard InChI is InChI=1S/C34H40N4O7S/c1-22-11-9-10-14-27(22)25-19-28(23-12-7-6-8-13-23)37(21-30(39)40)32(42)29(20-25)38(33(43)35-34(2,3)4)26-17-15-24(16-18-26)31(41)36-46(5,44)45/h6-18,25,28-29H,19-21H2,1-5H3,(H,35,43)(H,36,41)(H,39,40). The van der Waals surface area contributed by atoms with E-state index < -0.39 is 58.0 Å². The summed E-state index contributed by atoms with van der Waals surface area (Å²) < 4.78 is 25.2. The van der Waals surface area contributed by atoms with Gasteiger partial charge in [0.15, 0.2) is 0 Å². The molecule has 0 saturated carbocycles. The highest BCUT2D eigenvalue weighted by Gasteiger charge is 2.44. The summed E-state index contributed by atoms with van der Waals surface area (Å²) in [5.74, 6) is -2.81. The first kappa shape index (κ1) is 34.2. The molecule has 3 aromatic rings. The van der Waals surface area contributed by atoms with Gasteiger partial charge < -0.3 is 15.3 Å². The molecule has 244 valence electrons. The van der Waals surface area contributed by atoms with Gasteiger partial charge in [-0.15, -0.1) is 0 Å². The molecule has 0 aliphatic carbocycles. The Morgan fingerprint density at radius 3 is 2.11 bits per heavy atom. The molecule has 11 nitrogen and oxygen atoms in total. The molecule has 1 saturated heterocycles. The summed E-state index contributed by atoms with van der Waals surface area (Å²) in [5, 5.41) is 12.9. The zero-order valence-electron chi connectivity index (χ0n) is 26.6. The van der Waals surface area contributed by atoms with E-state index in [-0.39, 0.29) is 23.6 Å². The zero-order chi connectivity index (χ0) is 33.8. The molecular formula is C34H40N4O7S. The van der Waals surface area contributed by atoms with Gasteiger partial charge in [-0.25, -0.2) is 17.9 Å². The minimum absolute atomic E-state index is 0.0342. The number of amides is 4. The van der Waals surface area contributed by atoms with Gasteiger partial charge in [-0.1, -0.05) is 54.6 Å². The first-order chi connectivity index (χ1) is 21.5. The van der Waals surface area contributed by atoms with E-state index in [0.29, 0.717) is 6.42 Å².